The highest BCUT2D eigenvalue weighted by atomic mass is 35.5. The second kappa shape index (κ2) is 6.89. The number of nitrogens with zero attached hydrogens (tertiary/aromatic N) is 3. The van der Waals surface area contributed by atoms with Crippen molar-refractivity contribution < 1.29 is 18.3 Å². The van der Waals surface area contributed by atoms with E-state index >= 15 is 0 Å². The summed E-state index contributed by atoms with van der Waals surface area (Å²) in [5, 5.41) is 6.46. The van der Waals surface area contributed by atoms with Crippen LogP contribution in [0.3, 0.4) is 0 Å². The van der Waals surface area contributed by atoms with Crippen molar-refractivity contribution in [2.75, 3.05) is 5.32 Å². The highest BCUT2D eigenvalue weighted by Crippen LogP contribution is 2.28. The molecule has 0 spiro atoms. The van der Waals surface area contributed by atoms with Crippen molar-refractivity contribution in [1.29, 1.82) is 0 Å². The number of halogens is 3. The summed E-state index contributed by atoms with van der Waals surface area (Å²) in [6, 6.07) is 8.86. The molecule has 3 rings (SSSR count). The fourth-order valence-corrected chi connectivity index (χ4v) is 2.40. The fourth-order valence-electron chi connectivity index (χ4n) is 2.18. The maximum absolute atomic E-state index is 12.2. The smallest absolute Gasteiger partial charge is 0.387 e. The maximum atomic E-state index is 12.2. The van der Waals surface area contributed by atoms with Crippen LogP contribution in [0.4, 0.5) is 14.5 Å². The molecule has 25 heavy (non-hydrogen) atoms. The normalized spacial score (nSPS) is 11.0. The average Bonchev–Trinajstić information content (AvgIpc) is 2.86. The van der Waals surface area contributed by atoms with E-state index in [1.165, 1.54) is 22.6 Å². The SMILES string of the molecule is O=C(Cn1nc2ccccn2c1=O)Nc1ccc(OC(F)F)c(Cl)c1. The topological polar surface area (TPSA) is 77.6 Å². The van der Waals surface area contributed by atoms with Gasteiger partial charge >= 0.3 is 12.3 Å². The molecule has 1 aromatic carbocycles. The van der Waals surface area contributed by atoms with Crippen LogP contribution >= 0.6 is 11.6 Å². The zero-order chi connectivity index (χ0) is 18.0. The van der Waals surface area contributed by atoms with E-state index in [1.54, 1.807) is 24.4 Å². The zero-order valence-corrected chi connectivity index (χ0v) is 13.3. The van der Waals surface area contributed by atoms with Crippen LogP contribution in [-0.4, -0.2) is 26.7 Å². The number of hydrogen-bond donors (Lipinski definition) is 1. The Kier molecular flexibility index (Phi) is 4.66. The van der Waals surface area contributed by atoms with Crippen molar-refractivity contribution in [3.63, 3.8) is 0 Å². The summed E-state index contributed by atoms with van der Waals surface area (Å²) in [5.41, 5.74) is 0.231. The third-order valence-corrected chi connectivity index (χ3v) is 3.51. The number of amides is 1. The van der Waals surface area contributed by atoms with Crippen molar-refractivity contribution in [2.24, 2.45) is 0 Å². The summed E-state index contributed by atoms with van der Waals surface area (Å²) >= 11 is 5.82. The molecule has 10 heteroatoms. The van der Waals surface area contributed by atoms with Crippen LogP contribution in [0.5, 0.6) is 5.75 Å². The van der Waals surface area contributed by atoms with Gasteiger partial charge in [-0.25, -0.2) is 9.48 Å². The standard InChI is InChI=1S/C15H11ClF2N4O3/c16-10-7-9(4-5-11(10)25-14(17)18)19-13(23)8-22-15(24)21-6-2-1-3-12(21)20-22/h1-7,14H,8H2,(H,19,23). The molecule has 0 aliphatic carbocycles. The number of ether oxygens (including phenoxy) is 1. The monoisotopic (exact) mass is 368 g/mol. The Morgan fingerprint density at radius 2 is 2.12 bits per heavy atom. The van der Waals surface area contributed by atoms with Gasteiger partial charge < -0.3 is 10.1 Å². The largest absolute Gasteiger partial charge is 0.433 e. The number of carbonyl (C=O) groups is 1. The first kappa shape index (κ1) is 16.9. The fraction of sp³-hybridized carbons (Fsp3) is 0.133. The van der Waals surface area contributed by atoms with Crippen LogP contribution in [0.2, 0.25) is 5.02 Å². The Morgan fingerprint density at radius 3 is 2.80 bits per heavy atom. The van der Waals surface area contributed by atoms with Gasteiger partial charge in [-0.2, -0.15) is 8.78 Å². The summed E-state index contributed by atoms with van der Waals surface area (Å²) in [4.78, 5) is 24.2. The van der Waals surface area contributed by atoms with E-state index < -0.39 is 18.2 Å². The molecular formula is C15H11ClF2N4O3. The first-order chi connectivity index (χ1) is 11.9. The van der Waals surface area contributed by atoms with Crippen LogP contribution in [0.25, 0.3) is 5.65 Å². The molecular weight excluding hydrogens is 358 g/mol. The molecule has 0 atom stereocenters. The lowest BCUT2D eigenvalue weighted by atomic mass is 10.3. The van der Waals surface area contributed by atoms with Crippen LogP contribution < -0.4 is 15.7 Å². The number of aromatic nitrogens is 3. The van der Waals surface area contributed by atoms with Gasteiger partial charge in [-0.15, -0.1) is 5.10 Å². The summed E-state index contributed by atoms with van der Waals surface area (Å²) in [7, 11) is 0. The molecule has 0 saturated heterocycles. The molecule has 0 aliphatic heterocycles. The highest BCUT2D eigenvalue weighted by Gasteiger charge is 2.13. The number of rotatable bonds is 5. The van der Waals surface area contributed by atoms with Crippen molar-refractivity contribution in [1.82, 2.24) is 14.2 Å². The van der Waals surface area contributed by atoms with Crippen LogP contribution in [-0.2, 0) is 11.3 Å². The second-order valence-corrected chi connectivity index (χ2v) is 5.35. The molecule has 0 fully saturated rings. The van der Waals surface area contributed by atoms with E-state index in [0.717, 1.165) is 4.68 Å². The van der Waals surface area contributed by atoms with Gasteiger partial charge in [0.2, 0.25) is 5.91 Å². The predicted molar refractivity (Wildman–Crippen MR) is 86.2 cm³/mol. The van der Waals surface area contributed by atoms with E-state index in [0.29, 0.717) is 5.65 Å². The molecule has 3 aromatic rings. The predicted octanol–water partition coefficient (Wildman–Crippen LogP) is 2.39. The van der Waals surface area contributed by atoms with Crippen molar-refractivity contribution in [3.05, 3.63) is 58.1 Å². The average molecular weight is 369 g/mol. The minimum atomic E-state index is -3.00. The number of hydrogen-bond acceptors (Lipinski definition) is 4. The van der Waals surface area contributed by atoms with Gasteiger partial charge in [-0.3, -0.25) is 9.20 Å². The summed E-state index contributed by atoms with van der Waals surface area (Å²) in [6.07, 6.45) is 1.54. The molecule has 130 valence electrons. The van der Waals surface area contributed by atoms with Gasteiger partial charge in [-0.05, 0) is 30.3 Å². The van der Waals surface area contributed by atoms with E-state index in [4.69, 9.17) is 11.6 Å². The minimum Gasteiger partial charge on any atom is -0.433 e. The molecule has 1 N–H and O–H groups in total. The second-order valence-electron chi connectivity index (χ2n) is 4.94. The molecule has 7 nitrogen and oxygen atoms in total. The van der Waals surface area contributed by atoms with Gasteiger partial charge in [0.15, 0.2) is 5.65 Å². The third kappa shape index (κ3) is 3.77. The zero-order valence-electron chi connectivity index (χ0n) is 12.5. The third-order valence-electron chi connectivity index (χ3n) is 3.21. The lowest BCUT2D eigenvalue weighted by Crippen LogP contribution is -2.28. The molecule has 0 unspecified atom stereocenters. The summed E-state index contributed by atoms with van der Waals surface area (Å²) in [5.74, 6) is -0.727. The Labute approximate surface area is 144 Å². The number of pyridine rings is 1. The number of carbonyl (C=O) groups excluding carboxylic acids is 1. The van der Waals surface area contributed by atoms with Crippen molar-refractivity contribution >= 4 is 28.8 Å². The molecule has 0 radical (unpaired) electrons. The van der Waals surface area contributed by atoms with Gasteiger partial charge in [0, 0.05) is 11.9 Å². The Bertz CT molecular complexity index is 986. The molecule has 2 aromatic heterocycles. The molecule has 1 amide bonds. The van der Waals surface area contributed by atoms with Gasteiger partial charge in [0.25, 0.3) is 0 Å². The maximum Gasteiger partial charge on any atom is 0.387 e. The number of nitrogens with one attached hydrogen (secondary N) is 1. The Balaban J connectivity index is 1.73. The lowest BCUT2D eigenvalue weighted by Gasteiger charge is -2.09. The highest BCUT2D eigenvalue weighted by molar-refractivity contribution is 6.32. The van der Waals surface area contributed by atoms with E-state index in [9.17, 15) is 18.4 Å². The molecule has 2 heterocycles. The molecule has 0 aliphatic rings. The van der Waals surface area contributed by atoms with Gasteiger partial charge in [-0.1, -0.05) is 17.7 Å². The van der Waals surface area contributed by atoms with Crippen LogP contribution in [0.1, 0.15) is 0 Å². The first-order valence-corrected chi connectivity index (χ1v) is 7.40. The quantitative estimate of drug-likeness (QED) is 0.750. The van der Waals surface area contributed by atoms with Crippen LogP contribution in [0.15, 0.2) is 47.4 Å². The Hall–Kier alpha value is -2.94. The Morgan fingerprint density at radius 1 is 1.32 bits per heavy atom. The first-order valence-electron chi connectivity index (χ1n) is 7.02. The van der Waals surface area contributed by atoms with E-state index in [-0.39, 0.29) is 23.0 Å². The van der Waals surface area contributed by atoms with Crippen molar-refractivity contribution in [3.8, 4) is 5.75 Å². The van der Waals surface area contributed by atoms with E-state index in [1.807, 2.05) is 0 Å². The molecule has 0 bridgehead atoms. The summed E-state index contributed by atoms with van der Waals surface area (Å²) in [6.45, 7) is -3.31. The number of benzene rings is 1. The molecule has 0 saturated carbocycles. The minimum absolute atomic E-state index is 0.0806. The van der Waals surface area contributed by atoms with E-state index in [2.05, 4.69) is 15.2 Å². The van der Waals surface area contributed by atoms with Crippen LogP contribution in [0, 0.1) is 0 Å². The lowest BCUT2D eigenvalue weighted by molar-refractivity contribution is -0.117. The number of anilines is 1. The number of fused-ring (bicyclic) bond motifs is 1. The van der Waals surface area contributed by atoms with Gasteiger partial charge in [0.05, 0.1) is 5.02 Å². The summed E-state index contributed by atoms with van der Waals surface area (Å²) < 4.78 is 30.9. The van der Waals surface area contributed by atoms with Gasteiger partial charge in [0.1, 0.15) is 12.3 Å². The van der Waals surface area contributed by atoms with Crippen molar-refractivity contribution in [2.45, 2.75) is 13.2 Å². The number of alkyl halides is 2.